The van der Waals surface area contributed by atoms with Crippen LogP contribution in [0.1, 0.15) is 48.0 Å². The summed E-state index contributed by atoms with van der Waals surface area (Å²) < 4.78 is 0.136. The predicted molar refractivity (Wildman–Crippen MR) is 114 cm³/mol. The van der Waals surface area contributed by atoms with Gasteiger partial charge in [0.05, 0.1) is 17.1 Å². The van der Waals surface area contributed by atoms with E-state index in [1.807, 2.05) is 42.1 Å². The van der Waals surface area contributed by atoms with Gasteiger partial charge >= 0.3 is 0 Å². The van der Waals surface area contributed by atoms with Gasteiger partial charge in [0.2, 0.25) is 0 Å². The minimum absolute atomic E-state index is 0.136. The maximum absolute atomic E-state index is 4.97. The highest BCUT2D eigenvalue weighted by atomic mass is 32.2. The van der Waals surface area contributed by atoms with Crippen LogP contribution in [0.15, 0.2) is 63.4 Å². The molecule has 0 N–H and O–H groups in total. The van der Waals surface area contributed by atoms with E-state index < -0.39 is 0 Å². The highest BCUT2D eigenvalue weighted by Gasteiger charge is 2.20. The Morgan fingerprint density at radius 3 is 2.28 bits per heavy atom. The molecule has 0 saturated heterocycles. The zero-order chi connectivity index (χ0) is 18.4. The lowest BCUT2D eigenvalue weighted by Crippen LogP contribution is -2.16. The maximum Gasteiger partial charge on any atom is 0.0715 e. The van der Waals surface area contributed by atoms with E-state index in [0.29, 0.717) is 12.0 Å². The summed E-state index contributed by atoms with van der Waals surface area (Å²) in [5.74, 6) is 0.657. The molecule has 1 unspecified atom stereocenters. The molecule has 2 nitrogen and oxygen atoms in total. The van der Waals surface area contributed by atoms with Gasteiger partial charge in [0.25, 0.3) is 0 Å². The Balaban J connectivity index is 2.31. The van der Waals surface area contributed by atoms with Crippen LogP contribution in [0.4, 0.5) is 5.69 Å². The Morgan fingerprint density at radius 2 is 1.68 bits per heavy atom. The highest BCUT2D eigenvalue weighted by molar-refractivity contribution is 8.05. The average Bonchev–Trinajstić information content (AvgIpc) is 2.48. The zero-order valence-corrected chi connectivity index (χ0v) is 17.1. The molecule has 1 aromatic carbocycles. The third-order valence-corrected chi connectivity index (χ3v) is 4.71. The summed E-state index contributed by atoms with van der Waals surface area (Å²) in [6, 6.07) is 10.4. The van der Waals surface area contributed by atoms with Crippen molar-refractivity contribution in [2.24, 2.45) is 15.9 Å². The number of aliphatic imine (C=N–C) groups is 2. The molecule has 0 fully saturated rings. The molecule has 0 saturated carbocycles. The SMILES string of the molecule is CC(C)CC(C)N=C1C=CC(=Nc2ccccc2)C=C1SC(C)(C)C. The largest absolute Gasteiger partial charge is 0.281 e. The first-order valence-corrected chi connectivity index (χ1v) is 9.85. The summed E-state index contributed by atoms with van der Waals surface area (Å²) in [5, 5.41) is 0. The molecule has 0 aromatic heterocycles. The molecule has 0 amide bonds. The van der Waals surface area contributed by atoms with Crippen LogP contribution in [0.5, 0.6) is 0 Å². The van der Waals surface area contributed by atoms with Crippen LogP contribution in [0, 0.1) is 5.92 Å². The number of nitrogens with zero attached hydrogens (tertiary/aromatic N) is 2. The van der Waals surface area contributed by atoms with E-state index in [0.717, 1.165) is 23.5 Å². The van der Waals surface area contributed by atoms with E-state index in [4.69, 9.17) is 9.98 Å². The quantitative estimate of drug-likeness (QED) is 0.545. The van der Waals surface area contributed by atoms with Crippen molar-refractivity contribution in [2.75, 3.05) is 0 Å². The first kappa shape index (κ1) is 19.7. The van der Waals surface area contributed by atoms with Crippen molar-refractivity contribution in [2.45, 2.75) is 58.8 Å². The van der Waals surface area contributed by atoms with Crippen LogP contribution >= 0.6 is 11.8 Å². The first-order valence-electron chi connectivity index (χ1n) is 9.03. The molecular weight excluding hydrogens is 324 g/mol. The molecule has 134 valence electrons. The molecule has 0 bridgehead atoms. The Labute approximate surface area is 157 Å². The van der Waals surface area contributed by atoms with E-state index in [1.54, 1.807) is 0 Å². The van der Waals surface area contributed by atoms with Crippen molar-refractivity contribution in [1.82, 2.24) is 0 Å². The minimum atomic E-state index is 0.136. The van der Waals surface area contributed by atoms with Crippen molar-refractivity contribution in [3.05, 3.63) is 53.5 Å². The maximum atomic E-state index is 4.97. The Kier molecular flexibility index (Phi) is 6.83. The minimum Gasteiger partial charge on any atom is -0.281 e. The smallest absolute Gasteiger partial charge is 0.0715 e. The van der Waals surface area contributed by atoms with Crippen LogP contribution in [-0.2, 0) is 0 Å². The number of hydrogen-bond acceptors (Lipinski definition) is 3. The van der Waals surface area contributed by atoms with Crippen molar-refractivity contribution in [1.29, 1.82) is 0 Å². The topological polar surface area (TPSA) is 24.7 Å². The third-order valence-electron chi connectivity index (χ3n) is 3.55. The average molecular weight is 355 g/mol. The fourth-order valence-corrected chi connectivity index (χ4v) is 3.78. The fraction of sp³-hybridized carbons (Fsp3) is 0.455. The molecule has 0 spiro atoms. The lowest BCUT2D eigenvalue weighted by molar-refractivity contribution is 0.522. The summed E-state index contributed by atoms with van der Waals surface area (Å²) in [5.41, 5.74) is 3.04. The van der Waals surface area contributed by atoms with Gasteiger partial charge < -0.3 is 0 Å². The second-order valence-corrected chi connectivity index (χ2v) is 9.79. The summed E-state index contributed by atoms with van der Waals surface area (Å²) in [6.45, 7) is 13.4. The first-order chi connectivity index (χ1) is 11.7. The van der Waals surface area contributed by atoms with Gasteiger partial charge in [-0.2, -0.15) is 0 Å². The lowest BCUT2D eigenvalue weighted by atomic mass is 10.0. The van der Waals surface area contributed by atoms with E-state index in [2.05, 4.69) is 59.8 Å². The molecule has 25 heavy (non-hydrogen) atoms. The number of benzene rings is 1. The normalized spacial score (nSPS) is 19.6. The molecule has 0 aliphatic heterocycles. The van der Waals surface area contributed by atoms with Gasteiger partial charge in [-0.25, -0.2) is 4.99 Å². The predicted octanol–water partition coefficient (Wildman–Crippen LogP) is 6.62. The number of thioether (sulfide) groups is 1. The highest BCUT2D eigenvalue weighted by Crippen LogP contribution is 2.34. The Bertz CT molecular complexity index is 688. The van der Waals surface area contributed by atoms with Gasteiger partial charge in [-0.3, -0.25) is 4.99 Å². The molecule has 3 heteroatoms. The third kappa shape index (κ3) is 7.03. The van der Waals surface area contributed by atoms with Crippen LogP contribution < -0.4 is 0 Å². The van der Waals surface area contributed by atoms with Gasteiger partial charge in [-0.1, -0.05) is 52.8 Å². The summed E-state index contributed by atoms with van der Waals surface area (Å²) in [6.07, 6.45) is 7.47. The standard InChI is InChI=1S/C22H30N2S/c1-16(2)14-17(3)23-20-13-12-19(15-21(20)25-22(4,5)6)24-18-10-8-7-9-11-18/h7-13,15-17H,14H2,1-6H3. The number of hydrogen-bond donors (Lipinski definition) is 0. The second kappa shape index (κ2) is 8.66. The molecule has 1 aromatic rings. The van der Waals surface area contributed by atoms with E-state index in [9.17, 15) is 0 Å². The van der Waals surface area contributed by atoms with Gasteiger partial charge in [0.15, 0.2) is 0 Å². The molecular formula is C22H30N2S. The Morgan fingerprint density at radius 1 is 1.00 bits per heavy atom. The summed E-state index contributed by atoms with van der Waals surface area (Å²) in [4.78, 5) is 10.9. The number of allylic oxidation sites excluding steroid dienone is 4. The Hall–Kier alpha value is -1.61. The van der Waals surface area contributed by atoms with Crippen LogP contribution in [-0.4, -0.2) is 22.2 Å². The zero-order valence-electron chi connectivity index (χ0n) is 16.3. The number of rotatable bonds is 5. The molecule has 1 atom stereocenters. The van der Waals surface area contributed by atoms with Gasteiger partial charge in [-0.15, -0.1) is 11.8 Å². The van der Waals surface area contributed by atoms with Gasteiger partial charge in [-0.05, 0) is 49.6 Å². The van der Waals surface area contributed by atoms with Crippen LogP contribution in [0.25, 0.3) is 0 Å². The van der Waals surface area contributed by atoms with Crippen molar-refractivity contribution in [3.63, 3.8) is 0 Å². The van der Waals surface area contributed by atoms with E-state index >= 15 is 0 Å². The van der Waals surface area contributed by atoms with Crippen LogP contribution in [0.2, 0.25) is 0 Å². The number of para-hydroxylation sites is 1. The molecule has 1 aliphatic carbocycles. The fourth-order valence-electron chi connectivity index (χ4n) is 2.71. The van der Waals surface area contributed by atoms with E-state index in [1.165, 1.54) is 4.91 Å². The van der Waals surface area contributed by atoms with Crippen molar-refractivity contribution < 1.29 is 0 Å². The van der Waals surface area contributed by atoms with Crippen LogP contribution in [0.3, 0.4) is 0 Å². The van der Waals surface area contributed by atoms with Gasteiger partial charge in [0.1, 0.15) is 0 Å². The van der Waals surface area contributed by atoms with E-state index in [-0.39, 0.29) is 4.75 Å². The molecule has 2 rings (SSSR count). The lowest BCUT2D eigenvalue weighted by Gasteiger charge is -2.23. The summed E-state index contributed by atoms with van der Waals surface area (Å²) >= 11 is 1.86. The van der Waals surface area contributed by atoms with Gasteiger partial charge in [0, 0.05) is 15.7 Å². The van der Waals surface area contributed by atoms with Crippen molar-refractivity contribution in [3.8, 4) is 0 Å². The molecule has 0 heterocycles. The van der Waals surface area contributed by atoms with Crippen molar-refractivity contribution >= 4 is 28.9 Å². The second-order valence-electron chi connectivity index (χ2n) is 7.92. The molecule has 1 aliphatic rings. The summed E-state index contributed by atoms with van der Waals surface area (Å²) in [7, 11) is 0. The monoisotopic (exact) mass is 354 g/mol. The molecule has 0 radical (unpaired) electrons.